The van der Waals surface area contributed by atoms with Crippen molar-refractivity contribution in [3.8, 4) is 17.8 Å². The van der Waals surface area contributed by atoms with Gasteiger partial charge < -0.3 is 5.11 Å². The zero-order valence-corrected chi connectivity index (χ0v) is 10.1. The molecule has 0 aliphatic rings. The highest BCUT2D eigenvalue weighted by atomic mass is 35.5. The van der Waals surface area contributed by atoms with E-state index in [0.29, 0.717) is 5.69 Å². The number of aromatic nitrogens is 2. The van der Waals surface area contributed by atoms with E-state index in [0.717, 1.165) is 0 Å². The molecule has 0 saturated carbocycles. The molecule has 1 N–H and O–H groups in total. The van der Waals surface area contributed by atoms with Crippen molar-refractivity contribution >= 4 is 17.6 Å². The topological polar surface area (TPSA) is 103 Å². The fraction of sp³-hybridized carbons (Fsp3) is 0. The normalized spacial score (nSPS) is 9.63. The summed E-state index contributed by atoms with van der Waals surface area (Å²) >= 11 is 5.85. The summed E-state index contributed by atoms with van der Waals surface area (Å²) in [6.07, 6.45) is 1.31. The lowest BCUT2D eigenvalue weighted by atomic mass is 10.2. The predicted molar refractivity (Wildman–Crippen MR) is 65.0 cm³/mol. The van der Waals surface area contributed by atoms with Crippen molar-refractivity contribution in [1.29, 1.82) is 10.5 Å². The lowest BCUT2D eigenvalue weighted by Gasteiger charge is -2.05. The van der Waals surface area contributed by atoms with Crippen molar-refractivity contribution in [3.63, 3.8) is 0 Å². The van der Waals surface area contributed by atoms with Gasteiger partial charge in [0.15, 0.2) is 11.4 Å². The van der Waals surface area contributed by atoms with Crippen LogP contribution in [-0.2, 0) is 0 Å². The molecular weight excluding hydrogens is 268 g/mol. The summed E-state index contributed by atoms with van der Waals surface area (Å²) in [6.45, 7) is 0. The zero-order chi connectivity index (χ0) is 14.0. The van der Waals surface area contributed by atoms with Crippen molar-refractivity contribution in [3.05, 3.63) is 46.5 Å². The Balaban J connectivity index is 2.59. The van der Waals surface area contributed by atoms with Crippen LogP contribution in [0.1, 0.15) is 21.7 Å². The Hall–Kier alpha value is -2.83. The zero-order valence-electron chi connectivity index (χ0n) is 9.33. The van der Waals surface area contributed by atoms with E-state index in [1.807, 2.05) is 6.07 Å². The average Bonchev–Trinajstić information content (AvgIpc) is 2.80. The van der Waals surface area contributed by atoms with Gasteiger partial charge in [0.1, 0.15) is 18.5 Å². The number of imidazole rings is 1. The van der Waals surface area contributed by atoms with Gasteiger partial charge in [-0.3, -0.25) is 4.57 Å². The minimum atomic E-state index is -1.14. The Morgan fingerprint density at radius 1 is 1.37 bits per heavy atom. The first-order chi connectivity index (χ1) is 9.08. The molecule has 0 unspecified atom stereocenters. The summed E-state index contributed by atoms with van der Waals surface area (Å²) in [5, 5.41) is 26.7. The first-order valence-corrected chi connectivity index (χ1v) is 5.37. The summed E-state index contributed by atoms with van der Waals surface area (Å²) < 4.78 is 1.37. The van der Waals surface area contributed by atoms with Crippen LogP contribution in [0.2, 0.25) is 5.02 Å². The monoisotopic (exact) mass is 272 g/mol. The van der Waals surface area contributed by atoms with Crippen LogP contribution in [0.25, 0.3) is 5.69 Å². The molecule has 0 bridgehead atoms. The van der Waals surface area contributed by atoms with Crippen molar-refractivity contribution in [2.75, 3.05) is 0 Å². The molecule has 0 amide bonds. The fourth-order valence-electron chi connectivity index (χ4n) is 1.56. The standard InChI is InChI=1S/C12H5ClN4O2/c13-9-3-7(1-2-8(9)12(18)19)17-6-16-10(4-14)11(17)5-15/h1-3,6H,(H,18,19). The Labute approximate surface area is 112 Å². The Kier molecular flexibility index (Phi) is 3.19. The maximum Gasteiger partial charge on any atom is 0.337 e. The van der Waals surface area contributed by atoms with Crippen LogP contribution in [0.5, 0.6) is 0 Å². The SMILES string of the molecule is N#Cc1ncn(-c2ccc(C(=O)O)c(Cl)c2)c1C#N. The second-order valence-electron chi connectivity index (χ2n) is 3.50. The molecule has 7 heteroatoms. The largest absolute Gasteiger partial charge is 0.478 e. The molecule has 0 fully saturated rings. The number of nitriles is 2. The molecule has 6 nitrogen and oxygen atoms in total. The minimum absolute atomic E-state index is 0.000864. The molecule has 0 atom stereocenters. The van der Waals surface area contributed by atoms with Crippen LogP contribution in [0.3, 0.4) is 0 Å². The third-order valence-corrected chi connectivity index (χ3v) is 2.75. The van der Waals surface area contributed by atoms with Crippen LogP contribution < -0.4 is 0 Å². The predicted octanol–water partition coefficient (Wildman–Crippen LogP) is 1.97. The summed E-state index contributed by atoms with van der Waals surface area (Å²) in [6, 6.07) is 7.88. The number of benzene rings is 1. The van der Waals surface area contributed by atoms with Crippen LogP contribution >= 0.6 is 11.6 Å². The molecule has 92 valence electrons. The van der Waals surface area contributed by atoms with Gasteiger partial charge in [0.05, 0.1) is 10.6 Å². The van der Waals surface area contributed by atoms with E-state index in [1.54, 1.807) is 6.07 Å². The molecule has 2 rings (SSSR count). The summed E-state index contributed by atoms with van der Waals surface area (Å²) in [5.74, 6) is -1.14. The number of hydrogen-bond acceptors (Lipinski definition) is 4. The molecule has 0 aliphatic heterocycles. The molecule has 2 aromatic rings. The average molecular weight is 273 g/mol. The van der Waals surface area contributed by atoms with Crippen LogP contribution in [0, 0.1) is 22.7 Å². The highest BCUT2D eigenvalue weighted by Crippen LogP contribution is 2.22. The van der Waals surface area contributed by atoms with Crippen LogP contribution in [-0.4, -0.2) is 20.6 Å². The van der Waals surface area contributed by atoms with E-state index in [2.05, 4.69) is 4.98 Å². The molecule has 0 radical (unpaired) electrons. The van der Waals surface area contributed by atoms with Gasteiger partial charge in [0, 0.05) is 5.69 Å². The Morgan fingerprint density at radius 2 is 2.11 bits per heavy atom. The molecule has 1 heterocycles. The summed E-state index contributed by atoms with van der Waals surface area (Å²) in [7, 11) is 0. The van der Waals surface area contributed by atoms with Gasteiger partial charge in [0.25, 0.3) is 0 Å². The third-order valence-electron chi connectivity index (χ3n) is 2.44. The number of hydrogen-bond donors (Lipinski definition) is 1. The summed E-state index contributed by atoms with van der Waals surface area (Å²) in [5.41, 5.74) is 0.493. The van der Waals surface area contributed by atoms with Gasteiger partial charge in [-0.1, -0.05) is 11.6 Å². The minimum Gasteiger partial charge on any atom is -0.478 e. The Bertz CT molecular complexity index is 752. The maximum atomic E-state index is 10.8. The highest BCUT2D eigenvalue weighted by molar-refractivity contribution is 6.33. The quantitative estimate of drug-likeness (QED) is 0.900. The van der Waals surface area contributed by atoms with E-state index in [1.165, 1.54) is 29.1 Å². The van der Waals surface area contributed by atoms with E-state index < -0.39 is 5.97 Å². The number of carbonyl (C=O) groups is 1. The number of carboxylic acids is 1. The molecule has 0 spiro atoms. The summed E-state index contributed by atoms with van der Waals surface area (Å²) in [4.78, 5) is 14.6. The second kappa shape index (κ2) is 4.81. The molecule has 19 heavy (non-hydrogen) atoms. The van der Waals surface area contributed by atoms with E-state index >= 15 is 0 Å². The van der Waals surface area contributed by atoms with E-state index in [4.69, 9.17) is 27.2 Å². The van der Waals surface area contributed by atoms with E-state index in [-0.39, 0.29) is 22.0 Å². The number of nitrogens with zero attached hydrogens (tertiary/aromatic N) is 4. The first kappa shape index (κ1) is 12.6. The molecule has 0 aliphatic carbocycles. The number of aromatic carboxylic acids is 1. The molecule has 0 saturated heterocycles. The second-order valence-corrected chi connectivity index (χ2v) is 3.91. The number of rotatable bonds is 2. The lowest BCUT2D eigenvalue weighted by molar-refractivity contribution is 0.0697. The third kappa shape index (κ3) is 2.13. The molecular formula is C12H5ClN4O2. The first-order valence-electron chi connectivity index (χ1n) is 4.99. The molecule has 1 aromatic carbocycles. The Morgan fingerprint density at radius 3 is 2.63 bits per heavy atom. The van der Waals surface area contributed by atoms with Gasteiger partial charge in [-0.25, -0.2) is 9.78 Å². The van der Waals surface area contributed by atoms with Gasteiger partial charge in [-0.2, -0.15) is 10.5 Å². The fourth-order valence-corrected chi connectivity index (χ4v) is 1.82. The van der Waals surface area contributed by atoms with Gasteiger partial charge >= 0.3 is 5.97 Å². The van der Waals surface area contributed by atoms with E-state index in [9.17, 15) is 4.79 Å². The highest BCUT2D eigenvalue weighted by Gasteiger charge is 2.14. The van der Waals surface area contributed by atoms with Crippen LogP contribution in [0.15, 0.2) is 24.5 Å². The van der Waals surface area contributed by atoms with Crippen molar-refractivity contribution < 1.29 is 9.90 Å². The van der Waals surface area contributed by atoms with Gasteiger partial charge in [-0.05, 0) is 18.2 Å². The van der Waals surface area contributed by atoms with Crippen LogP contribution in [0.4, 0.5) is 0 Å². The van der Waals surface area contributed by atoms with Crippen molar-refractivity contribution in [2.24, 2.45) is 0 Å². The van der Waals surface area contributed by atoms with Crippen molar-refractivity contribution in [2.45, 2.75) is 0 Å². The molecule has 1 aromatic heterocycles. The number of carboxylic acid groups (broad SMARTS) is 1. The van der Waals surface area contributed by atoms with Gasteiger partial charge in [-0.15, -0.1) is 0 Å². The van der Waals surface area contributed by atoms with Gasteiger partial charge in [0.2, 0.25) is 0 Å². The maximum absolute atomic E-state index is 10.8. The van der Waals surface area contributed by atoms with Crippen molar-refractivity contribution in [1.82, 2.24) is 9.55 Å². The lowest BCUT2D eigenvalue weighted by Crippen LogP contribution is -2.01. The smallest absolute Gasteiger partial charge is 0.337 e. The number of halogens is 1.